The van der Waals surface area contributed by atoms with Gasteiger partial charge in [-0.3, -0.25) is 4.79 Å². The lowest BCUT2D eigenvalue weighted by atomic mass is 9.76. The maximum absolute atomic E-state index is 13.3. The fourth-order valence-corrected chi connectivity index (χ4v) is 4.76. The molecule has 2 amide bonds. The summed E-state index contributed by atoms with van der Waals surface area (Å²) in [6.07, 6.45) is 4.76. The second kappa shape index (κ2) is 8.60. The number of ether oxygens (including phenoxy) is 1. The second-order valence-electron chi connectivity index (χ2n) is 8.51. The van der Waals surface area contributed by atoms with Crippen LogP contribution in [0.5, 0.6) is 0 Å². The van der Waals surface area contributed by atoms with Crippen LogP contribution in [-0.4, -0.2) is 24.1 Å². The van der Waals surface area contributed by atoms with Crippen LogP contribution in [0.1, 0.15) is 75.6 Å². The number of rotatable bonds is 5. The van der Waals surface area contributed by atoms with Crippen LogP contribution in [0.4, 0.5) is 4.79 Å². The van der Waals surface area contributed by atoms with Gasteiger partial charge in [-0.25, -0.2) is 4.79 Å². The Hall–Kier alpha value is -2.30. The van der Waals surface area contributed by atoms with Gasteiger partial charge in [0.1, 0.15) is 5.76 Å². The molecule has 0 saturated heterocycles. The summed E-state index contributed by atoms with van der Waals surface area (Å²) in [5.41, 5.74) is 4.38. The van der Waals surface area contributed by atoms with Crippen LogP contribution in [0.25, 0.3) is 5.57 Å². The molecule has 1 aliphatic carbocycles. The predicted octanol–water partition coefficient (Wildman–Crippen LogP) is 4.66. The minimum atomic E-state index is -0.578. The smallest absolute Gasteiger partial charge is 0.411 e. The fourth-order valence-electron chi connectivity index (χ4n) is 4.76. The van der Waals surface area contributed by atoms with Crippen LogP contribution in [0.2, 0.25) is 0 Å². The highest BCUT2D eigenvalue weighted by molar-refractivity contribution is 6.24. The summed E-state index contributed by atoms with van der Waals surface area (Å²) in [6, 6.07) is 4.29. The van der Waals surface area contributed by atoms with Crippen LogP contribution in [0.3, 0.4) is 0 Å². The minimum Gasteiger partial charge on any atom is -0.411 e. The first-order chi connectivity index (χ1) is 13.8. The molecule has 0 bridgehead atoms. The SMILES string of the molecule is CCNC(=O)OC1=C(c2c(CC)cc(C)cc2CC)C(=O)NC12CCC(C)CC2. The average molecular weight is 399 g/mol. The average Bonchev–Trinajstić information content (AvgIpc) is 2.94. The van der Waals surface area contributed by atoms with Crippen LogP contribution >= 0.6 is 0 Å². The van der Waals surface area contributed by atoms with Gasteiger partial charge in [0, 0.05) is 6.54 Å². The van der Waals surface area contributed by atoms with Crippen LogP contribution in [0.15, 0.2) is 17.9 Å². The first-order valence-electron chi connectivity index (χ1n) is 11.0. The molecule has 0 aromatic heterocycles. The number of carbonyl (C=O) groups excluding carboxylic acids is 2. The molecule has 1 aromatic rings. The maximum atomic E-state index is 13.3. The number of alkyl carbamates (subject to hydrolysis) is 1. The van der Waals surface area contributed by atoms with E-state index in [2.05, 4.69) is 50.5 Å². The maximum Gasteiger partial charge on any atom is 0.412 e. The molecular weight excluding hydrogens is 364 g/mol. The number of hydrogen-bond donors (Lipinski definition) is 2. The van der Waals surface area contributed by atoms with Crippen molar-refractivity contribution in [2.24, 2.45) is 5.92 Å². The zero-order valence-electron chi connectivity index (χ0n) is 18.4. The zero-order chi connectivity index (χ0) is 21.2. The van der Waals surface area contributed by atoms with E-state index in [4.69, 9.17) is 4.74 Å². The Kier molecular flexibility index (Phi) is 6.35. The van der Waals surface area contributed by atoms with Crippen molar-refractivity contribution in [2.75, 3.05) is 6.54 Å². The van der Waals surface area contributed by atoms with E-state index in [-0.39, 0.29) is 5.91 Å². The lowest BCUT2D eigenvalue weighted by Gasteiger charge is -2.37. The highest BCUT2D eigenvalue weighted by Crippen LogP contribution is 2.45. The van der Waals surface area contributed by atoms with Crippen LogP contribution in [-0.2, 0) is 22.4 Å². The summed E-state index contributed by atoms with van der Waals surface area (Å²) < 4.78 is 5.89. The predicted molar refractivity (Wildman–Crippen MR) is 116 cm³/mol. The Bertz CT molecular complexity index is 808. The molecule has 1 aromatic carbocycles. The summed E-state index contributed by atoms with van der Waals surface area (Å²) >= 11 is 0. The van der Waals surface area contributed by atoms with E-state index in [9.17, 15) is 9.59 Å². The van der Waals surface area contributed by atoms with Gasteiger partial charge in [0.2, 0.25) is 0 Å². The number of aryl methyl sites for hydroxylation is 3. The summed E-state index contributed by atoms with van der Waals surface area (Å²) in [5, 5.41) is 5.96. The van der Waals surface area contributed by atoms with Crippen molar-refractivity contribution >= 4 is 17.6 Å². The summed E-state index contributed by atoms with van der Waals surface area (Å²) in [4.78, 5) is 25.7. The van der Waals surface area contributed by atoms with E-state index in [1.165, 1.54) is 5.56 Å². The first kappa shape index (κ1) is 21.4. The lowest BCUT2D eigenvalue weighted by Crippen LogP contribution is -2.48. The Balaban J connectivity index is 2.21. The van der Waals surface area contributed by atoms with Crippen molar-refractivity contribution in [3.63, 3.8) is 0 Å². The standard InChI is InChI=1S/C24H34N2O3/c1-6-17-13-16(5)14-18(7-2)19(17)20-21(29-23(28)25-8-3)24(26-22(20)27)11-9-15(4)10-12-24/h13-15H,6-12H2,1-5H3,(H,25,28)(H,26,27). The van der Waals surface area contributed by atoms with E-state index in [1.54, 1.807) is 0 Å². The topological polar surface area (TPSA) is 67.4 Å². The molecule has 158 valence electrons. The molecule has 2 aliphatic rings. The normalized spacial score (nSPS) is 24.0. The molecule has 0 unspecified atom stereocenters. The zero-order valence-corrected chi connectivity index (χ0v) is 18.4. The number of amides is 2. The van der Waals surface area contributed by atoms with E-state index < -0.39 is 11.6 Å². The van der Waals surface area contributed by atoms with Crippen LogP contribution in [0, 0.1) is 12.8 Å². The number of nitrogens with one attached hydrogen (secondary N) is 2. The highest BCUT2D eigenvalue weighted by Gasteiger charge is 2.50. The second-order valence-corrected chi connectivity index (χ2v) is 8.51. The van der Waals surface area contributed by atoms with Crippen molar-refractivity contribution in [2.45, 2.75) is 78.7 Å². The Morgan fingerprint density at radius 2 is 1.76 bits per heavy atom. The Labute approximate surface area is 174 Å². The molecule has 1 spiro atoms. The fraction of sp³-hybridized carbons (Fsp3) is 0.583. The third kappa shape index (κ3) is 4.05. The van der Waals surface area contributed by atoms with E-state index in [0.717, 1.165) is 55.2 Å². The van der Waals surface area contributed by atoms with Crippen molar-refractivity contribution in [3.05, 3.63) is 40.1 Å². The van der Waals surface area contributed by atoms with Gasteiger partial charge in [0.15, 0.2) is 0 Å². The van der Waals surface area contributed by atoms with Gasteiger partial charge >= 0.3 is 6.09 Å². The molecule has 2 N–H and O–H groups in total. The Morgan fingerprint density at radius 3 is 2.28 bits per heavy atom. The van der Waals surface area contributed by atoms with Crippen molar-refractivity contribution in [3.8, 4) is 0 Å². The number of benzene rings is 1. The van der Waals surface area contributed by atoms with E-state index in [0.29, 0.717) is 23.8 Å². The molecule has 1 aliphatic heterocycles. The van der Waals surface area contributed by atoms with Crippen molar-refractivity contribution in [1.82, 2.24) is 10.6 Å². The van der Waals surface area contributed by atoms with Gasteiger partial charge in [-0.05, 0) is 75.0 Å². The van der Waals surface area contributed by atoms with Crippen molar-refractivity contribution < 1.29 is 14.3 Å². The molecule has 0 atom stereocenters. The monoisotopic (exact) mass is 398 g/mol. The number of carbonyl (C=O) groups is 2. The Morgan fingerprint density at radius 1 is 1.17 bits per heavy atom. The molecule has 3 rings (SSSR count). The summed E-state index contributed by atoms with van der Waals surface area (Å²) in [6.45, 7) is 10.9. The first-order valence-corrected chi connectivity index (χ1v) is 11.0. The quantitative estimate of drug-likeness (QED) is 0.758. The van der Waals surface area contributed by atoms with E-state index >= 15 is 0 Å². The summed E-state index contributed by atoms with van der Waals surface area (Å²) in [7, 11) is 0. The van der Waals surface area contributed by atoms with Gasteiger partial charge in [0.05, 0.1) is 11.1 Å². The van der Waals surface area contributed by atoms with Gasteiger partial charge in [-0.15, -0.1) is 0 Å². The lowest BCUT2D eigenvalue weighted by molar-refractivity contribution is -0.116. The molecule has 5 nitrogen and oxygen atoms in total. The van der Waals surface area contributed by atoms with Gasteiger partial charge < -0.3 is 15.4 Å². The molecule has 29 heavy (non-hydrogen) atoms. The largest absolute Gasteiger partial charge is 0.412 e. The third-order valence-corrected chi connectivity index (χ3v) is 6.34. The van der Waals surface area contributed by atoms with Crippen LogP contribution < -0.4 is 10.6 Å². The van der Waals surface area contributed by atoms with Crippen molar-refractivity contribution in [1.29, 1.82) is 0 Å². The van der Waals surface area contributed by atoms with Gasteiger partial charge in [0.25, 0.3) is 5.91 Å². The molecule has 1 saturated carbocycles. The number of hydrogen-bond acceptors (Lipinski definition) is 3. The third-order valence-electron chi connectivity index (χ3n) is 6.34. The van der Waals surface area contributed by atoms with Gasteiger partial charge in [-0.1, -0.05) is 38.5 Å². The molecular formula is C24H34N2O3. The van der Waals surface area contributed by atoms with E-state index in [1.807, 2.05) is 6.92 Å². The highest BCUT2D eigenvalue weighted by atomic mass is 16.6. The molecule has 0 radical (unpaired) electrons. The molecule has 1 heterocycles. The minimum absolute atomic E-state index is 0.118. The van der Waals surface area contributed by atoms with Gasteiger partial charge in [-0.2, -0.15) is 0 Å². The summed E-state index contributed by atoms with van der Waals surface area (Å²) in [5.74, 6) is 1.02. The molecule has 5 heteroatoms. The molecule has 1 fully saturated rings.